The second-order valence-electron chi connectivity index (χ2n) is 5.96. The molecule has 0 aromatic carbocycles. The van der Waals surface area contributed by atoms with Gasteiger partial charge >= 0.3 is 0 Å². The minimum atomic E-state index is -0.0401. The number of anilines is 1. The predicted molar refractivity (Wildman–Crippen MR) is 83.7 cm³/mol. The Morgan fingerprint density at radius 1 is 1.33 bits per heavy atom. The Morgan fingerprint density at radius 3 is 2.81 bits per heavy atom. The largest absolute Gasteiger partial charge is 0.352 e. The lowest BCUT2D eigenvalue weighted by atomic mass is 10.2. The summed E-state index contributed by atoms with van der Waals surface area (Å²) < 4.78 is 4.26. The minimum absolute atomic E-state index is 0.0401. The van der Waals surface area contributed by atoms with Crippen molar-refractivity contribution in [3.63, 3.8) is 0 Å². The Kier molecular flexibility index (Phi) is 4.40. The predicted octanol–water partition coefficient (Wildman–Crippen LogP) is 1.03. The summed E-state index contributed by atoms with van der Waals surface area (Å²) in [6, 6.07) is 0.398. The lowest BCUT2D eigenvalue weighted by molar-refractivity contribution is -0.125. The van der Waals surface area contributed by atoms with E-state index in [-0.39, 0.29) is 11.9 Å². The van der Waals surface area contributed by atoms with Crippen LogP contribution in [0.1, 0.15) is 32.0 Å². The number of rotatable bonds is 4. The highest BCUT2D eigenvalue weighted by atomic mass is 32.1. The molecule has 0 bridgehead atoms. The van der Waals surface area contributed by atoms with Crippen molar-refractivity contribution >= 4 is 22.6 Å². The first kappa shape index (κ1) is 14.7. The molecular formula is C14H23N5OS. The average molecular weight is 309 g/mol. The molecule has 21 heavy (non-hydrogen) atoms. The number of hydrogen-bond acceptors (Lipinski definition) is 6. The maximum Gasteiger partial charge on any atom is 0.237 e. The van der Waals surface area contributed by atoms with Gasteiger partial charge in [0, 0.05) is 43.8 Å². The molecule has 0 spiro atoms. The van der Waals surface area contributed by atoms with Crippen LogP contribution in [-0.4, -0.2) is 58.4 Å². The molecule has 0 radical (unpaired) electrons. The van der Waals surface area contributed by atoms with E-state index in [1.807, 2.05) is 13.8 Å². The van der Waals surface area contributed by atoms with Crippen LogP contribution in [0, 0.1) is 6.92 Å². The number of aromatic nitrogens is 2. The normalized spacial score (nSPS) is 21.9. The van der Waals surface area contributed by atoms with Crippen molar-refractivity contribution in [2.75, 3.05) is 31.1 Å². The molecule has 7 heteroatoms. The standard InChI is InChI=1S/C14H23N5OS/c1-10(13(20)16-12-4-5-12)18-6-3-7-19(9-8-18)14-15-11(2)17-21-14/h10,12H,3-9H2,1-2H3,(H,16,20)/t10-/m0/s1. The van der Waals surface area contributed by atoms with Gasteiger partial charge in [-0.2, -0.15) is 4.37 Å². The monoisotopic (exact) mass is 309 g/mol. The number of nitrogens with zero attached hydrogens (tertiary/aromatic N) is 4. The van der Waals surface area contributed by atoms with Gasteiger partial charge in [-0.25, -0.2) is 4.98 Å². The molecule has 1 saturated heterocycles. The highest BCUT2D eigenvalue weighted by molar-refractivity contribution is 7.09. The van der Waals surface area contributed by atoms with Crippen LogP contribution in [0.3, 0.4) is 0 Å². The van der Waals surface area contributed by atoms with E-state index < -0.39 is 0 Å². The van der Waals surface area contributed by atoms with E-state index in [0.29, 0.717) is 6.04 Å². The SMILES string of the molecule is Cc1nsc(N2CCCN([C@@H](C)C(=O)NC3CC3)CC2)n1. The van der Waals surface area contributed by atoms with Crippen LogP contribution >= 0.6 is 11.5 Å². The van der Waals surface area contributed by atoms with Gasteiger partial charge in [-0.1, -0.05) is 0 Å². The summed E-state index contributed by atoms with van der Waals surface area (Å²) in [6.45, 7) is 7.71. The highest BCUT2D eigenvalue weighted by Gasteiger charge is 2.29. The van der Waals surface area contributed by atoms with Crippen LogP contribution in [0.25, 0.3) is 0 Å². The van der Waals surface area contributed by atoms with Gasteiger partial charge in [0.2, 0.25) is 11.0 Å². The van der Waals surface area contributed by atoms with Crippen molar-refractivity contribution in [2.24, 2.45) is 0 Å². The molecule has 1 atom stereocenters. The van der Waals surface area contributed by atoms with Gasteiger partial charge < -0.3 is 10.2 Å². The molecule has 1 saturated carbocycles. The summed E-state index contributed by atoms with van der Waals surface area (Å²) >= 11 is 1.46. The van der Waals surface area contributed by atoms with Crippen LogP contribution in [0.2, 0.25) is 0 Å². The van der Waals surface area contributed by atoms with E-state index in [9.17, 15) is 4.79 Å². The van der Waals surface area contributed by atoms with Crippen molar-refractivity contribution in [3.05, 3.63) is 5.82 Å². The zero-order valence-corrected chi connectivity index (χ0v) is 13.5. The molecular weight excluding hydrogens is 286 g/mol. The summed E-state index contributed by atoms with van der Waals surface area (Å²) in [6.07, 6.45) is 3.34. The second kappa shape index (κ2) is 6.27. The molecule has 0 unspecified atom stereocenters. The Bertz CT molecular complexity index is 501. The molecule has 2 heterocycles. The molecule has 1 aromatic rings. The molecule has 116 valence electrons. The Balaban J connectivity index is 1.55. The topological polar surface area (TPSA) is 61.4 Å². The quantitative estimate of drug-likeness (QED) is 0.900. The van der Waals surface area contributed by atoms with Crippen molar-refractivity contribution < 1.29 is 4.79 Å². The van der Waals surface area contributed by atoms with Gasteiger partial charge in [0.1, 0.15) is 5.82 Å². The van der Waals surface area contributed by atoms with E-state index in [1.54, 1.807) is 0 Å². The summed E-state index contributed by atoms with van der Waals surface area (Å²) in [5.41, 5.74) is 0. The number of aryl methyl sites for hydroxylation is 1. The second-order valence-corrected chi connectivity index (χ2v) is 6.69. The van der Waals surface area contributed by atoms with Gasteiger partial charge in [-0.3, -0.25) is 9.69 Å². The smallest absolute Gasteiger partial charge is 0.237 e. The lowest BCUT2D eigenvalue weighted by Gasteiger charge is -2.26. The number of carbonyl (C=O) groups excluding carboxylic acids is 1. The maximum absolute atomic E-state index is 12.2. The Morgan fingerprint density at radius 2 is 2.14 bits per heavy atom. The van der Waals surface area contributed by atoms with Gasteiger partial charge in [0.05, 0.1) is 6.04 Å². The van der Waals surface area contributed by atoms with E-state index in [4.69, 9.17) is 0 Å². The molecule has 6 nitrogen and oxygen atoms in total. The first-order chi connectivity index (χ1) is 10.1. The van der Waals surface area contributed by atoms with Crippen LogP contribution in [0.15, 0.2) is 0 Å². The van der Waals surface area contributed by atoms with Crippen LogP contribution in [-0.2, 0) is 4.79 Å². The van der Waals surface area contributed by atoms with Crippen LogP contribution < -0.4 is 10.2 Å². The van der Waals surface area contributed by atoms with Gasteiger partial charge in [-0.15, -0.1) is 0 Å². The molecule has 1 N–H and O–H groups in total. The highest BCUT2D eigenvalue weighted by Crippen LogP contribution is 2.21. The van der Waals surface area contributed by atoms with E-state index in [0.717, 1.165) is 56.4 Å². The number of hydrogen-bond donors (Lipinski definition) is 1. The fraction of sp³-hybridized carbons (Fsp3) is 0.786. The average Bonchev–Trinajstić information content (AvgIpc) is 3.22. The van der Waals surface area contributed by atoms with Gasteiger partial charge in [0.15, 0.2) is 0 Å². The van der Waals surface area contributed by atoms with Gasteiger partial charge in [0.25, 0.3) is 0 Å². The van der Waals surface area contributed by atoms with Gasteiger partial charge in [-0.05, 0) is 33.1 Å². The number of carbonyl (C=O) groups is 1. The lowest BCUT2D eigenvalue weighted by Crippen LogP contribution is -2.47. The molecule has 3 rings (SSSR count). The van der Waals surface area contributed by atoms with Crippen molar-refractivity contribution in [3.8, 4) is 0 Å². The van der Waals surface area contributed by atoms with Crippen molar-refractivity contribution in [1.82, 2.24) is 19.6 Å². The van der Waals surface area contributed by atoms with Crippen molar-refractivity contribution in [1.29, 1.82) is 0 Å². The van der Waals surface area contributed by atoms with Crippen LogP contribution in [0.5, 0.6) is 0 Å². The third-order valence-electron chi connectivity index (χ3n) is 4.17. The first-order valence-electron chi connectivity index (χ1n) is 7.73. The molecule has 1 aliphatic heterocycles. The third-order valence-corrected chi connectivity index (χ3v) is 5.04. The fourth-order valence-corrected chi connectivity index (χ4v) is 3.37. The molecule has 1 aliphatic carbocycles. The molecule has 2 fully saturated rings. The number of amides is 1. The Hall–Kier alpha value is -1.21. The fourth-order valence-electron chi connectivity index (χ4n) is 2.65. The van der Waals surface area contributed by atoms with E-state index in [1.165, 1.54) is 11.5 Å². The number of nitrogens with one attached hydrogen (secondary N) is 1. The first-order valence-corrected chi connectivity index (χ1v) is 8.50. The summed E-state index contributed by atoms with van der Waals surface area (Å²) in [7, 11) is 0. The van der Waals surface area contributed by atoms with Crippen LogP contribution in [0.4, 0.5) is 5.13 Å². The van der Waals surface area contributed by atoms with Crippen molar-refractivity contribution in [2.45, 2.75) is 45.2 Å². The maximum atomic E-state index is 12.2. The molecule has 2 aliphatic rings. The van der Waals surface area contributed by atoms with E-state index >= 15 is 0 Å². The Labute approximate surface area is 129 Å². The molecule has 1 amide bonds. The summed E-state index contributed by atoms with van der Waals surface area (Å²) in [4.78, 5) is 21.2. The summed E-state index contributed by atoms with van der Waals surface area (Å²) in [5, 5.41) is 4.11. The zero-order valence-electron chi connectivity index (χ0n) is 12.7. The third kappa shape index (κ3) is 3.71. The van der Waals surface area contributed by atoms with E-state index in [2.05, 4.69) is 24.5 Å². The minimum Gasteiger partial charge on any atom is -0.352 e. The summed E-state index contributed by atoms with van der Waals surface area (Å²) in [5.74, 6) is 1.02. The zero-order chi connectivity index (χ0) is 14.8. The molecule has 1 aromatic heterocycles.